The molecule has 1 aliphatic rings. The molecule has 0 amide bonds. The monoisotopic (exact) mass is 231 g/mol. The molecule has 0 aromatic heterocycles. The molecule has 2 unspecified atom stereocenters. The number of rotatable bonds is 7. The van der Waals surface area contributed by atoms with Gasteiger partial charge in [0, 0.05) is 19.7 Å². The van der Waals surface area contributed by atoms with Crippen LogP contribution in [0.1, 0.15) is 33.1 Å². The second-order valence-electron chi connectivity index (χ2n) is 4.68. The Morgan fingerprint density at radius 2 is 2.25 bits per heavy atom. The Balaban J connectivity index is 1.96. The van der Waals surface area contributed by atoms with Crippen molar-refractivity contribution in [1.82, 2.24) is 5.32 Å². The molecule has 2 N–H and O–H groups in total. The lowest BCUT2D eigenvalue weighted by Gasteiger charge is -2.23. The van der Waals surface area contributed by atoms with Crippen molar-refractivity contribution in [3.8, 4) is 0 Å². The van der Waals surface area contributed by atoms with E-state index in [0.29, 0.717) is 19.3 Å². The van der Waals surface area contributed by atoms with E-state index in [4.69, 9.17) is 9.47 Å². The predicted octanol–water partition coefficient (Wildman–Crippen LogP) is 0.931. The van der Waals surface area contributed by atoms with E-state index in [0.717, 1.165) is 19.6 Å². The molecule has 0 saturated carbocycles. The molecule has 4 nitrogen and oxygen atoms in total. The van der Waals surface area contributed by atoms with Crippen molar-refractivity contribution in [2.24, 2.45) is 0 Å². The van der Waals surface area contributed by atoms with Gasteiger partial charge in [-0.2, -0.15) is 0 Å². The van der Waals surface area contributed by atoms with Crippen LogP contribution in [0.5, 0.6) is 0 Å². The molecule has 16 heavy (non-hydrogen) atoms. The van der Waals surface area contributed by atoms with Crippen LogP contribution in [0.25, 0.3) is 0 Å². The first-order valence-electron chi connectivity index (χ1n) is 6.30. The first-order valence-corrected chi connectivity index (χ1v) is 6.30. The normalized spacial score (nSPS) is 23.6. The van der Waals surface area contributed by atoms with Gasteiger partial charge in [0.05, 0.1) is 24.9 Å². The van der Waals surface area contributed by atoms with E-state index in [-0.39, 0.29) is 6.10 Å². The average Bonchev–Trinajstić information content (AvgIpc) is 2.28. The van der Waals surface area contributed by atoms with Gasteiger partial charge in [0.2, 0.25) is 0 Å². The van der Waals surface area contributed by atoms with Gasteiger partial charge >= 0.3 is 0 Å². The summed E-state index contributed by atoms with van der Waals surface area (Å²) in [5.74, 6) is 0. The molecule has 4 heteroatoms. The highest BCUT2D eigenvalue weighted by Gasteiger charge is 2.13. The van der Waals surface area contributed by atoms with Crippen LogP contribution < -0.4 is 5.32 Å². The second kappa shape index (κ2) is 8.01. The maximum absolute atomic E-state index is 9.60. The average molecular weight is 231 g/mol. The lowest BCUT2D eigenvalue weighted by molar-refractivity contribution is -0.00220. The molecule has 1 aliphatic heterocycles. The fraction of sp³-hybridized carbons (Fsp3) is 1.00. The summed E-state index contributed by atoms with van der Waals surface area (Å²) in [5, 5.41) is 12.8. The molecule has 0 spiro atoms. The van der Waals surface area contributed by atoms with E-state index in [1.807, 2.05) is 13.8 Å². The Morgan fingerprint density at radius 3 is 2.88 bits per heavy atom. The highest BCUT2D eigenvalue weighted by molar-refractivity contribution is 4.68. The summed E-state index contributed by atoms with van der Waals surface area (Å²) in [6.45, 7) is 6.62. The molecule has 96 valence electrons. The zero-order valence-corrected chi connectivity index (χ0v) is 10.4. The van der Waals surface area contributed by atoms with Gasteiger partial charge < -0.3 is 19.9 Å². The van der Waals surface area contributed by atoms with Gasteiger partial charge in [-0.25, -0.2) is 0 Å². The number of aliphatic hydroxyl groups excluding tert-OH is 1. The summed E-state index contributed by atoms with van der Waals surface area (Å²) in [7, 11) is 0. The highest BCUT2D eigenvalue weighted by atomic mass is 16.5. The molecule has 0 aromatic rings. The SMILES string of the molecule is CC(C)OCC(O)CNCC1CCCCO1. The number of aliphatic hydroxyl groups is 1. The van der Waals surface area contributed by atoms with Crippen molar-refractivity contribution in [1.29, 1.82) is 0 Å². The molecule has 1 fully saturated rings. The van der Waals surface area contributed by atoms with Crippen LogP contribution in [-0.4, -0.2) is 49.7 Å². The Kier molecular flexibility index (Phi) is 6.96. The molecule has 0 aliphatic carbocycles. The zero-order chi connectivity index (χ0) is 11.8. The van der Waals surface area contributed by atoms with E-state index in [2.05, 4.69) is 5.32 Å². The number of hydrogen-bond acceptors (Lipinski definition) is 4. The van der Waals surface area contributed by atoms with Gasteiger partial charge in [-0.05, 0) is 33.1 Å². The lowest BCUT2D eigenvalue weighted by Crippen LogP contribution is -2.37. The van der Waals surface area contributed by atoms with E-state index in [1.165, 1.54) is 12.8 Å². The third kappa shape index (κ3) is 6.43. The predicted molar refractivity (Wildman–Crippen MR) is 63.6 cm³/mol. The Bertz CT molecular complexity index is 170. The van der Waals surface area contributed by atoms with Gasteiger partial charge in [-0.1, -0.05) is 0 Å². The summed E-state index contributed by atoms with van der Waals surface area (Å²) in [6, 6.07) is 0. The fourth-order valence-electron chi connectivity index (χ4n) is 1.74. The van der Waals surface area contributed by atoms with Crippen LogP contribution >= 0.6 is 0 Å². The first-order chi connectivity index (χ1) is 7.68. The van der Waals surface area contributed by atoms with Gasteiger partial charge in [-0.3, -0.25) is 0 Å². The second-order valence-corrected chi connectivity index (χ2v) is 4.68. The van der Waals surface area contributed by atoms with Crippen molar-refractivity contribution < 1.29 is 14.6 Å². The van der Waals surface area contributed by atoms with E-state index in [9.17, 15) is 5.11 Å². The number of ether oxygens (including phenoxy) is 2. The molecule has 1 saturated heterocycles. The van der Waals surface area contributed by atoms with Gasteiger partial charge in [0.1, 0.15) is 0 Å². The van der Waals surface area contributed by atoms with Crippen molar-refractivity contribution in [2.75, 3.05) is 26.3 Å². The minimum atomic E-state index is -0.425. The minimum Gasteiger partial charge on any atom is -0.389 e. The van der Waals surface area contributed by atoms with Crippen LogP contribution in [0.3, 0.4) is 0 Å². The summed E-state index contributed by atoms with van der Waals surface area (Å²) < 4.78 is 10.9. The van der Waals surface area contributed by atoms with Crippen LogP contribution in [0.15, 0.2) is 0 Å². The molecule has 0 radical (unpaired) electrons. The fourth-order valence-corrected chi connectivity index (χ4v) is 1.74. The van der Waals surface area contributed by atoms with Crippen LogP contribution in [0.2, 0.25) is 0 Å². The third-order valence-corrected chi connectivity index (χ3v) is 2.65. The lowest BCUT2D eigenvalue weighted by atomic mass is 10.1. The molecule has 0 bridgehead atoms. The zero-order valence-electron chi connectivity index (χ0n) is 10.4. The van der Waals surface area contributed by atoms with Crippen molar-refractivity contribution in [2.45, 2.75) is 51.4 Å². The van der Waals surface area contributed by atoms with Crippen LogP contribution in [-0.2, 0) is 9.47 Å². The third-order valence-electron chi connectivity index (χ3n) is 2.65. The molecule has 2 atom stereocenters. The summed E-state index contributed by atoms with van der Waals surface area (Å²) in [4.78, 5) is 0. The van der Waals surface area contributed by atoms with E-state index in [1.54, 1.807) is 0 Å². The van der Waals surface area contributed by atoms with E-state index < -0.39 is 6.10 Å². The Hall–Kier alpha value is -0.160. The first kappa shape index (κ1) is 13.9. The van der Waals surface area contributed by atoms with Gasteiger partial charge in [-0.15, -0.1) is 0 Å². The molecule has 1 heterocycles. The maximum Gasteiger partial charge on any atom is 0.0897 e. The number of nitrogens with one attached hydrogen (secondary N) is 1. The van der Waals surface area contributed by atoms with Crippen molar-refractivity contribution in [3.05, 3.63) is 0 Å². The van der Waals surface area contributed by atoms with Crippen molar-refractivity contribution in [3.63, 3.8) is 0 Å². The highest BCUT2D eigenvalue weighted by Crippen LogP contribution is 2.11. The molecule has 0 aromatic carbocycles. The number of hydrogen-bond donors (Lipinski definition) is 2. The molecular formula is C12H25NO3. The minimum absolute atomic E-state index is 0.177. The topological polar surface area (TPSA) is 50.7 Å². The van der Waals surface area contributed by atoms with Crippen LogP contribution in [0, 0.1) is 0 Å². The summed E-state index contributed by atoms with van der Waals surface area (Å²) in [6.07, 6.45) is 3.65. The quantitative estimate of drug-likeness (QED) is 0.684. The summed E-state index contributed by atoms with van der Waals surface area (Å²) in [5.41, 5.74) is 0. The van der Waals surface area contributed by atoms with Gasteiger partial charge in [0.25, 0.3) is 0 Å². The molecule has 1 rings (SSSR count). The summed E-state index contributed by atoms with van der Waals surface area (Å²) >= 11 is 0. The Morgan fingerprint density at radius 1 is 1.44 bits per heavy atom. The molecular weight excluding hydrogens is 206 g/mol. The van der Waals surface area contributed by atoms with Crippen molar-refractivity contribution >= 4 is 0 Å². The maximum atomic E-state index is 9.60. The Labute approximate surface area is 98.3 Å². The standard InChI is InChI=1S/C12H25NO3/c1-10(2)16-9-11(14)7-13-8-12-5-3-4-6-15-12/h10-14H,3-9H2,1-2H3. The van der Waals surface area contributed by atoms with Gasteiger partial charge in [0.15, 0.2) is 0 Å². The smallest absolute Gasteiger partial charge is 0.0897 e. The van der Waals surface area contributed by atoms with E-state index >= 15 is 0 Å². The largest absolute Gasteiger partial charge is 0.389 e. The van der Waals surface area contributed by atoms with Crippen LogP contribution in [0.4, 0.5) is 0 Å².